The maximum absolute atomic E-state index is 12.6. The van der Waals surface area contributed by atoms with Crippen molar-refractivity contribution in [1.82, 2.24) is 20.0 Å². The molecule has 1 aromatic carbocycles. The lowest BCUT2D eigenvalue weighted by molar-refractivity contribution is -0.120. The van der Waals surface area contributed by atoms with Crippen molar-refractivity contribution in [3.8, 4) is 0 Å². The first-order valence-electron chi connectivity index (χ1n) is 10.1. The second-order valence-corrected chi connectivity index (χ2v) is 7.44. The Balaban J connectivity index is 1.65. The van der Waals surface area contributed by atoms with Crippen LogP contribution in [0.2, 0.25) is 0 Å². The molecular formula is C21H30N4O2. The SMILES string of the molecule is CCCCN1CCCCC1CNC(=O)Cc1nn(C)c(=O)c2ccccc12. The summed E-state index contributed by atoms with van der Waals surface area (Å²) in [6.45, 7) is 5.15. The van der Waals surface area contributed by atoms with Gasteiger partial charge in [0.1, 0.15) is 0 Å². The molecule has 27 heavy (non-hydrogen) atoms. The molecule has 3 rings (SSSR count). The fourth-order valence-electron chi connectivity index (χ4n) is 3.90. The maximum atomic E-state index is 12.6. The molecule has 1 aliphatic rings. The molecule has 0 bridgehead atoms. The van der Waals surface area contributed by atoms with E-state index in [-0.39, 0.29) is 17.9 Å². The number of hydrogen-bond acceptors (Lipinski definition) is 4. The fraction of sp³-hybridized carbons (Fsp3) is 0.571. The predicted molar refractivity (Wildman–Crippen MR) is 108 cm³/mol. The van der Waals surface area contributed by atoms with Crippen molar-refractivity contribution < 1.29 is 4.79 Å². The number of aryl methyl sites for hydroxylation is 1. The van der Waals surface area contributed by atoms with E-state index in [1.54, 1.807) is 13.1 Å². The van der Waals surface area contributed by atoms with Gasteiger partial charge in [-0.1, -0.05) is 38.0 Å². The van der Waals surface area contributed by atoms with Crippen molar-refractivity contribution in [2.24, 2.45) is 7.05 Å². The van der Waals surface area contributed by atoms with Crippen LogP contribution in [0.4, 0.5) is 0 Å². The van der Waals surface area contributed by atoms with Crippen molar-refractivity contribution in [3.63, 3.8) is 0 Å². The minimum Gasteiger partial charge on any atom is -0.354 e. The quantitative estimate of drug-likeness (QED) is 0.812. The number of likely N-dealkylation sites (tertiary alicyclic amines) is 1. The van der Waals surface area contributed by atoms with Gasteiger partial charge in [0.15, 0.2) is 0 Å². The summed E-state index contributed by atoms with van der Waals surface area (Å²) in [5.41, 5.74) is 0.514. The third kappa shape index (κ3) is 4.75. The molecule has 1 aliphatic heterocycles. The Morgan fingerprint density at radius 2 is 2.04 bits per heavy atom. The van der Waals surface area contributed by atoms with Crippen LogP contribution in [0.3, 0.4) is 0 Å². The number of fused-ring (bicyclic) bond motifs is 1. The highest BCUT2D eigenvalue weighted by atomic mass is 16.1. The Labute approximate surface area is 160 Å². The lowest BCUT2D eigenvalue weighted by atomic mass is 10.0. The van der Waals surface area contributed by atoms with Gasteiger partial charge >= 0.3 is 0 Å². The van der Waals surface area contributed by atoms with Gasteiger partial charge < -0.3 is 5.32 Å². The van der Waals surface area contributed by atoms with Crippen molar-refractivity contribution in [3.05, 3.63) is 40.3 Å². The zero-order valence-corrected chi connectivity index (χ0v) is 16.4. The highest BCUT2D eigenvalue weighted by Gasteiger charge is 2.22. The number of nitrogens with one attached hydrogen (secondary N) is 1. The summed E-state index contributed by atoms with van der Waals surface area (Å²) in [7, 11) is 1.63. The Bertz CT molecular complexity index is 846. The number of amides is 1. The number of benzene rings is 1. The molecule has 0 spiro atoms. The van der Waals surface area contributed by atoms with E-state index in [0.29, 0.717) is 23.7 Å². The van der Waals surface area contributed by atoms with E-state index in [2.05, 4.69) is 22.2 Å². The predicted octanol–water partition coefficient (Wildman–Crippen LogP) is 2.25. The number of piperidine rings is 1. The summed E-state index contributed by atoms with van der Waals surface area (Å²) >= 11 is 0. The number of hydrogen-bond donors (Lipinski definition) is 1. The molecule has 0 radical (unpaired) electrons. The third-order valence-corrected chi connectivity index (χ3v) is 5.44. The van der Waals surface area contributed by atoms with Crippen molar-refractivity contribution in [1.29, 1.82) is 0 Å². The summed E-state index contributed by atoms with van der Waals surface area (Å²) in [4.78, 5) is 27.3. The average Bonchev–Trinajstić information content (AvgIpc) is 2.69. The minimum absolute atomic E-state index is 0.0349. The maximum Gasteiger partial charge on any atom is 0.274 e. The molecule has 1 aromatic heterocycles. The number of carbonyl (C=O) groups excluding carboxylic acids is 1. The normalized spacial score (nSPS) is 17.9. The van der Waals surface area contributed by atoms with Crippen LogP contribution in [0, 0.1) is 0 Å². The zero-order valence-electron chi connectivity index (χ0n) is 16.4. The third-order valence-electron chi connectivity index (χ3n) is 5.44. The Morgan fingerprint density at radius 3 is 2.81 bits per heavy atom. The van der Waals surface area contributed by atoms with Gasteiger partial charge in [-0.05, 0) is 38.4 Å². The molecule has 1 atom stereocenters. The van der Waals surface area contributed by atoms with Crippen molar-refractivity contribution in [2.75, 3.05) is 19.6 Å². The fourth-order valence-corrected chi connectivity index (χ4v) is 3.90. The first-order valence-corrected chi connectivity index (χ1v) is 10.1. The lowest BCUT2D eigenvalue weighted by Gasteiger charge is -2.35. The standard InChI is InChI=1S/C21H30N4O2/c1-3-4-12-25-13-8-7-9-16(25)15-22-20(26)14-19-17-10-5-6-11-18(17)21(27)24(2)23-19/h5-6,10-11,16H,3-4,7-9,12-15H2,1-2H3,(H,22,26). The molecule has 1 amide bonds. The van der Waals surface area contributed by atoms with E-state index in [9.17, 15) is 9.59 Å². The van der Waals surface area contributed by atoms with E-state index >= 15 is 0 Å². The number of nitrogens with zero attached hydrogens (tertiary/aromatic N) is 3. The summed E-state index contributed by atoms with van der Waals surface area (Å²) in [6, 6.07) is 7.79. The van der Waals surface area contributed by atoms with Crippen LogP contribution in [-0.4, -0.2) is 46.3 Å². The molecule has 1 saturated heterocycles. The molecule has 146 valence electrons. The molecule has 6 nitrogen and oxygen atoms in total. The monoisotopic (exact) mass is 370 g/mol. The number of aromatic nitrogens is 2. The molecule has 1 unspecified atom stereocenters. The van der Waals surface area contributed by atoms with Gasteiger partial charge in [-0.2, -0.15) is 5.10 Å². The van der Waals surface area contributed by atoms with Crippen LogP contribution in [-0.2, 0) is 18.3 Å². The first kappa shape index (κ1) is 19.5. The first-order chi connectivity index (χ1) is 13.1. The van der Waals surface area contributed by atoms with Gasteiger partial charge in [0.2, 0.25) is 5.91 Å². The van der Waals surface area contributed by atoms with E-state index in [1.165, 1.54) is 30.4 Å². The molecule has 0 aliphatic carbocycles. The Hall–Kier alpha value is -2.21. The number of rotatable bonds is 7. The van der Waals surface area contributed by atoms with Crippen molar-refractivity contribution >= 4 is 16.7 Å². The van der Waals surface area contributed by atoms with Crippen LogP contribution in [0.15, 0.2) is 29.1 Å². The van der Waals surface area contributed by atoms with Crippen LogP contribution >= 0.6 is 0 Å². The lowest BCUT2D eigenvalue weighted by Crippen LogP contribution is -2.47. The molecular weight excluding hydrogens is 340 g/mol. The molecule has 2 aromatic rings. The molecule has 6 heteroatoms. The van der Waals surface area contributed by atoms with Gasteiger partial charge in [0.05, 0.1) is 17.5 Å². The smallest absolute Gasteiger partial charge is 0.274 e. The highest BCUT2D eigenvalue weighted by Crippen LogP contribution is 2.17. The Kier molecular flexibility index (Phi) is 6.61. The molecule has 1 fully saturated rings. The van der Waals surface area contributed by atoms with Crippen LogP contribution in [0.25, 0.3) is 10.8 Å². The van der Waals surface area contributed by atoms with Gasteiger partial charge in [0.25, 0.3) is 5.56 Å². The Morgan fingerprint density at radius 1 is 1.26 bits per heavy atom. The molecule has 0 saturated carbocycles. The van der Waals surface area contributed by atoms with E-state index in [4.69, 9.17) is 0 Å². The average molecular weight is 370 g/mol. The number of carbonyl (C=O) groups is 1. The summed E-state index contributed by atoms with van der Waals surface area (Å²) in [6.07, 6.45) is 6.22. The van der Waals surface area contributed by atoms with Crippen LogP contribution in [0.1, 0.15) is 44.7 Å². The van der Waals surface area contributed by atoms with Gasteiger partial charge in [0, 0.05) is 25.0 Å². The second kappa shape index (κ2) is 9.13. The van der Waals surface area contributed by atoms with E-state index < -0.39 is 0 Å². The van der Waals surface area contributed by atoms with Crippen LogP contribution in [0.5, 0.6) is 0 Å². The number of unbranched alkanes of at least 4 members (excludes halogenated alkanes) is 1. The minimum atomic E-state index is -0.136. The second-order valence-electron chi connectivity index (χ2n) is 7.44. The van der Waals surface area contributed by atoms with E-state index in [1.807, 2.05) is 18.2 Å². The molecule has 2 heterocycles. The largest absolute Gasteiger partial charge is 0.354 e. The van der Waals surface area contributed by atoms with Gasteiger partial charge in [-0.15, -0.1) is 0 Å². The highest BCUT2D eigenvalue weighted by molar-refractivity contribution is 5.88. The summed E-state index contributed by atoms with van der Waals surface area (Å²) in [5, 5.41) is 8.79. The van der Waals surface area contributed by atoms with Gasteiger partial charge in [-0.3, -0.25) is 14.5 Å². The van der Waals surface area contributed by atoms with Gasteiger partial charge in [-0.25, -0.2) is 4.68 Å². The van der Waals surface area contributed by atoms with E-state index in [0.717, 1.165) is 24.9 Å². The summed E-state index contributed by atoms with van der Waals surface area (Å²) < 4.78 is 1.32. The van der Waals surface area contributed by atoms with Crippen molar-refractivity contribution in [2.45, 2.75) is 51.5 Å². The zero-order chi connectivity index (χ0) is 19.2. The molecule has 1 N–H and O–H groups in total. The topological polar surface area (TPSA) is 67.2 Å². The summed E-state index contributed by atoms with van der Waals surface area (Å²) in [5.74, 6) is -0.0349. The van der Waals surface area contributed by atoms with Crippen LogP contribution < -0.4 is 10.9 Å².